The first-order valence-electron chi connectivity index (χ1n) is 13.3. The van der Waals surface area contributed by atoms with Crippen LogP contribution in [0.1, 0.15) is 106 Å². The Morgan fingerprint density at radius 2 is 1.14 bits per heavy atom. The SMILES string of the molecule is CC(=O)c1cc2c(CCCCCCCC(=O)O)c3ccccc3c(CCCCCCCC(=O)O)c2o1. The van der Waals surface area contributed by atoms with Gasteiger partial charge in [-0.1, -0.05) is 62.8 Å². The summed E-state index contributed by atoms with van der Waals surface area (Å²) in [6.45, 7) is 1.53. The van der Waals surface area contributed by atoms with E-state index in [1.165, 1.54) is 23.3 Å². The van der Waals surface area contributed by atoms with Crippen molar-refractivity contribution in [3.63, 3.8) is 0 Å². The zero-order valence-electron chi connectivity index (χ0n) is 21.3. The molecular weight excluding hydrogens is 456 g/mol. The Kier molecular flexibility index (Phi) is 10.5. The van der Waals surface area contributed by atoms with Crippen LogP contribution in [0.2, 0.25) is 0 Å². The summed E-state index contributed by atoms with van der Waals surface area (Å²) >= 11 is 0. The highest BCUT2D eigenvalue weighted by atomic mass is 16.4. The second-order valence-corrected chi connectivity index (χ2v) is 9.74. The van der Waals surface area contributed by atoms with Crippen LogP contribution in [-0.2, 0) is 22.4 Å². The molecule has 3 aromatic rings. The third-order valence-electron chi connectivity index (χ3n) is 6.89. The number of carboxylic acids is 2. The molecule has 0 aliphatic rings. The van der Waals surface area contributed by atoms with Crippen molar-refractivity contribution in [2.45, 2.75) is 96.8 Å². The first-order valence-corrected chi connectivity index (χ1v) is 13.3. The summed E-state index contributed by atoms with van der Waals surface area (Å²) in [4.78, 5) is 33.6. The monoisotopic (exact) mass is 494 g/mol. The number of benzene rings is 2. The summed E-state index contributed by atoms with van der Waals surface area (Å²) in [6, 6.07) is 10.3. The summed E-state index contributed by atoms with van der Waals surface area (Å²) in [5, 5.41) is 21.0. The van der Waals surface area contributed by atoms with Gasteiger partial charge in [0.15, 0.2) is 11.5 Å². The number of ketones is 1. The quantitative estimate of drug-likeness (QED) is 0.147. The highest BCUT2D eigenvalue weighted by Crippen LogP contribution is 2.37. The molecule has 0 amide bonds. The van der Waals surface area contributed by atoms with Crippen LogP contribution in [0.15, 0.2) is 34.7 Å². The molecule has 0 bridgehead atoms. The minimum atomic E-state index is -0.735. The average molecular weight is 495 g/mol. The molecule has 1 aromatic heterocycles. The summed E-state index contributed by atoms with van der Waals surface area (Å²) in [7, 11) is 0. The standard InChI is InChI=1S/C30H38O6/c1-21(31)27-20-26-24(14-8-4-2-6-10-18-28(32)33)22-15-12-13-16-23(22)25(30(26)36-27)17-9-5-3-7-11-19-29(34)35/h12-13,15-16,20H,2-11,14,17-19H2,1H3,(H,32,33)(H,34,35). The van der Waals surface area contributed by atoms with Crippen molar-refractivity contribution in [3.05, 3.63) is 47.2 Å². The Morgan fingerprint density at radius 1 is 0.667 bits per heavy atom. The van der Waals surface area contributed by atoms with Crippen molar-refractivity contribution in [2.24, 2.45) is 0 Å². The van der Waals surface area contributed by atoms with Crippen molar-refractivity contribution in [2.75, 3.05) is 0 Å². The highest BCUT2D eigenvalue weighted by Gasteiger charge is 2.19. The maximum absolute atomic E-state index is 12.2. The minimum Gasteiger partial charge on any atom is -0.481 e. The van der Waals surface area contributed by atoms with Crippen molar-refractivity contribution in [3.8, 4) is 0 Å². The summed E-state index contributed by atoms with van der Waals surface area (Å²) < 4.78 is 6.14. The molecular formula is C30H38O6. The molecule has 0 aliphatic carbocycles. The van der Waals surface area contributed by atoms with Crippen LogP contribution in [0.3, 0.4) is 0 Å². The van der Waals surface area contributed by atoms with E-state index in [0.717, 1.165) is 93.6 Å². The van der Waals surface area contributed by atoms with Crippen molar-refractivity contribution >= 4 is 39.5 Å². The molecule has 0 radical (unpaired) electrons. The van der Waals surface area contributed by atoms with Gasteiger partial charge in [-0.25, -0.2) is 0 Å². The summed E-state index contributed by atoms with van der Waals surface area (Å²) in [6.07, 6.45) is 11.6. The lowest BCUT2D eigenvalue weighted by atomic mass is 9.90. The van der Waals surface area contributed by atoms with Crippen molar-refractivity contribution < 1.29 is 29.0 Å². The molecule has 36 heavy (non-hydrogen) atoms. The zero-order valence-corrected chi connectivity index (χ0v) is 21.3. The molecule has 6 nitrogen and oxygen atoms in total. The van der Waals surface area contributed by atoms with Gasteiger partial charge in [-0.15, -0.1) is 0 Å². The topological polar surface area (TPSA) is 105 Å². The number of Topliss-reactive ketones (excluding diaryl/α,β-unsaturated/α-hetero) is 1. The molecule has 194 valence electrons. The molecule has 0 unspecified atom stereocenters. The van der Waals surface area contributed by atoms with Crippen LogP contribution in [-0.4, -0.2) is 27.9 Å². The second kappa shape index (κ2) is 13.8. The van der Waals surface area contributed by atoms with Crippen LogP contribution >= 0.6 is 0 Å². The number of carbonyl (C=O) groups is 3. The highest BCUT2D eigenvalue weighted by molar-refractivity contribution is 6.06. The number of aryl methyl sites for hydroxylation is 2. The van der Waals surface area contributed by atoms with Gasteiger partial charge in [0.05, 0.1) is 0 Å². The fourth-order valence-corrected chi connectivity index (χ4v) is 5.02. The van der Waals surface area contributed by atoms with Gasteiger partial charge in [0.25, 0.3) is 0 Å². The van der Waals surface area contributed by atoms with E-state index < -0.39 is 11.9 Å². The maximum atomic E-state index is 12.2. The molecule has 2 aromatic carbocycles. The van der Waals surface area contributed by atoms with Gasteiger partial charge in [0, 0.05) is 30.7 Å². The maximum Gasteiger partial charge on any atom is 0.303 e. The van der Waals surface area contributed by atoms with Gasteiger partial charge < -0.3 is 14.6 Å². The number of hydrogen-bond acceptors (Lipinski definition) is 4. The first kappa shape index (κ1) is 27.4. The number of carbonyl (C=O) groups excluding carboxylic acids is 1. The van der Waals surface area contributed by atoms with E-state index in [4.69, 9.17) is 14.6 Å². The van der Waals surface area contributed by atoms with Gasteiger partial charge in [-0.05, 0) is 60.9 Å². The van der Waals surface area contributed by atoms with E-state index in [9.17, 15) is 14.4 Å². The van der Waals surface area contributed by atoms with Crippen molar-refractivity contribution in [1.82, 2.24) is 0 Å². The van der Waals surface area contributed by atoms with Crippen LogP contribution in [0.5, 0.6) is 0 Å². The average Bonchev–Trinajstić information content (AvgIpc) is 3.28. The lowest BCUT2D eigenvalue weighted by Crippen LogP contribution is -1.96. The molecule has 0 saturated heterocycles. The molecule has 3 rings (SSSR count). The molecule has 6 heteroatoms. The first-order chi connectivity index (χ1) is 17.4. The number of furan rings is 1. The van der Waals surface area contributed by atoms with Crippen molar-refractivity contribution in [1.29, 1.82) is 0 Å². The predicted molar refractivity (Wildman–Crippen MR) is 142 cm³/mol. The largest absolute Gasteiger partial charge is 0.481 e. The zero-order chi connectivity index (χ0) is 25.9. The van der Waals surface area contributed by atoms with E-state index in [-0.39, 0.29) is 18.6 Å². The number of rotatable bonds is 17. The number of carboxylic acid groups (broad SMARTS) is 2. The van der Waals surface area contributed by atoms with Gasteiger partial charge in [-0.2, -0.15) is 0 Å². The van der Waals surface area contributed by atoms with E-state index in [1.807, 2.05) is 12.1 Å². The summed E-state index contributed by atoms with van der Waals surface area (Å²) in [5.74, 6) is -1.15. The van der Waals surface area contributed by atoms with Gasteiger partial charge in [-0.3, -0.25) is 14.4 Å². The van der Waals surface area contributed by atoms with E-state index >= 15 is 0 Å². The molecule has 1 heterocycles. The van der Waals surface area contributed by atoms with E-state index in [2.05, 4.69) is 18.2 Å². The Labute approximate surface area is 212 Å². The normalized spacial score (nSPS) is 11.4. The number of aliphatic carboxylic acids is 2. The lowest BCUT2D eigenvalue weighted by Gasteiger charge is -2.14. The second-order valence-electron chi connectivity index (χ2n) is 9.74. The van der Waals surface area contributed by atoms with Gasteiger partial charge in [0.2, 0.25) is 0 Å². The summed E-state index contributed by atoms with van der Waals surface area (Å²) in [5.41, 5.74) is 3.19. The predicted octanol–water partition coefficient (Wildman–Crippen LogP) is 7.72. The fourth-order valence-electron chi connectivity index (χ4n) is 5.02. The molecule has 0 saturated carbocycles. The Morgan fingerprint density at radius 3 is 1.67 bits per heavy atom. The van der Waals surface area contributed by atoms with Crippen LogP contribution in [0.25, 0.3) is 21.7 Å². The van der Waals surface area contributed by atoms with E-state index in [1.54, 1.807) is 0 Å². The van der Waals surface area contributed by atoms with Crippen LogP contribution in [0, 0.1) is 0 Å². The van der Waals surface area contributed by atoms with Crippen LogP contribution < -0.4 is 0 Å². The number of fused-ring (bicyclic) bond motifs is 2. The van der Waals surface area contributed by atoms with Gasteiger partial charge >= 0.3 is 11.9 Å². The molecule has 0 atom stereocenters. The number of unbranched alkanes of at least 4 members (excludes halogenated alkanes) is 8. The van der Waals surface area contributed by atoms with Crippen LogP contribution in [0.4, 0.5) is 0 Å². The fraction of sp³-hybridized carbons (Fsp3) is 0.500. The smallest absolute Gasteiger partial charge is 0.303 e. The van der Waals surface area contributed by atoms with Gasteiger partial charge in [0.1, 0.15) is 5.58 Å². The number of hydrogen-bond donors (Lipinski definition) is 2. The molecule has 2 N–H and O–H groups in total. The van der Waals surface area contributed by atoms with E-state index in [0.29, 0.717) is 5.76 Å². The molecule has 0 fully saturated rings. The Hall–Kier alpha value is -3.15. The Balaban J connectivity index is 1.76. The molecule has 0 spiro atoms. The Bertz CT molecular complexity index is 1100. The molecule has 0 aliphatic heterocycles. The lowest BCUT2D eigenvalue weighted by molar-refractivity contribution is -0.138. The minimum absolute atomic E-state index is 0.0796. The third kappa shape index (κ3) is 7.67. The third-order valence-corrected chi connectivity index (χ3v) is 6.89.